The van der Waals surface area contributed by atoms with Gasteiger partial charge in [0.15, 0.2) is 0 Å². The second kappa shape index (κ2) is 7.28. The highest BCUT2D eigenvalue weighted by Gasteiger charge is 2.38. The lowest BCUT2D eigenvalue weighted by molar-refractivity contribution is -0.139. The van der Waals surface area contributed by atoms with Crippen molar-refractivity contribution in [3.8, 4) is 0 Å². The molecule has 2 heterocycles. The second-order valence-electron chi connectivity index (χ2n) is 7.03. The van der Waals surface area contributed by atoms with E-state index in [1.165, 1.54) is 5.69 Å². The van der Waals surface area contributed by atoms with E-state index in [0.717, 1.165) is 50.3 Å². The van der Waals surface area contributed by atoms with Crippen molar-refractivity contribution in [1.82, 2.24) is 15.2 Å². The van der Waals surface area contributed by atoms with E-state index in [9.17, 15) is 9.90 Å². The predicted octanol–water partition coefficient (Wildman–Crippen LogP) is 2.08. The lowest BCUT2D eigenvalue weighted by Crippen LogP contribution is -2.47. The largest absolute Gasteiger partial charge is 0.380 e. The number of hydrogen-bond donors (Lipinski definition) is 2. The van der Waals surface area contributed by atoms with Crippen LogP contribution in [0.4, 0.5) is 0 Å². The molecule has 0 spiro atoms. The SMILES string of the molecule is Cc1nc(CN2CCC(CNC(=O)C3(O)CCCC3)CC2)cs1. The number of likely N-dealkylation sites (tertiary alicyclic amines) is 1. The molecule has 0 radical (unpaired) electrons. The van der Waals surface area contributed by atoms with Gasteiger partial charge >= 0.3 is 0 Å². The topological polar surface area (TPSA) is 65.5 Å². The minimum absolute atomic E-state index is 0.157. The van der Waals surface area contributed by atoms with E-state index >= 15 is 0 Å². The van der Waals surface area contributed by atoms with Gasteiger partial charge in [0, 0.05) is 18.5 Å². The standard InChI is InChI=1S/C17H27N3O2S/c1-13-19-15(12-23-13)11-20-8-4-14(5-9-20)10-18-16(21)17(22)6-2-3-7-17/h12,14,22H,2-11H2,1H3,(H,18,21). The molecule has 3 rings (SSSR count). The molecule has 0 atom stereocenters. The molecule has 5 nitrogen and oxygen atoms in total. The molecule has 128 valence electrons. The summed E-state index contributed by atoms with van der Waals surface area (Å²) in [6, 6.07) is 0. The predicted molar refractivity (Wildman–Crippen MR) is 91.3 cm³/mol. The van der Waals surface area contributed by atoms with Gasteiger partial charge in [-0.05, 0) is 64.5 Å². The van der Waals surface area contributed by atoms with Crippen LogP contribution in [0.1, 0.15) is 49.2 Å². The summed E-state index contributed by atoms with van der Waals surface area (Å²) in [5.41, 5.74) is 0.0751. The van der Waals surface area contributed by atoms with Crippen molar-refractivity contribution in [2.45, 2.75) is 57.6 Å². The van der Waals surface area contributed by atoms with Crippen LogP contribution in [0.3, 0.4) is 0 Å². The zero-order valence-corrected chi connectivity index (χ0v) is 14.7. The number of piperidine rings is 1. The Hall–Kier alpha value is -0.980. The summed E-state index contributed by atoms with van der Waals surface area (Å²) < 4.78 is 0. The fraction of sp³-hybridized carbons (Fsp3) is 0.765. The summed E-state index contributed by atoms with van der Waals surface area (Å²) in [5, 5.41) is 16.5. The average molecular weight is 337 g/mol. The van der Waals surface area contributed by atoms with Crippen LogP contribution in [0.2, 0.25) is 0 Å². The molecule has 1 aliphatic carbocycles. The second-order valence-corrected chi connectivity index (χ2v) is 8.09. The first-order valence-electron chi connectivity index (χ1n) is 8.69. The summed E-state index contributed by atoms with van der Waals surface area (Å²) >= 11 is 1.71. The van der Waals surface area contributed by atoms with Crippen molar-refractivity contribution < 1.29 is 9.90 Å². The molecule has 1 aromatic heterocycles. The van der Waals surface area contributed by atoms with Gasteiger partial charge in [0.2, 0.25) is 0 Å². The highest BCUT2D eigenvalue weighted by Crippen LogP contribution is 2.29. The molecule has 6 heteroatoms. The number of carbonyl (C=O) groups is 1. The molecule has 1 saturated heterocycles. The number of aliphatic hydroxyl groups is 1. The molecular weight excluding hydrogens is 310 g/mol. The molecule has 0 bridgehead atoms. The first-order valence-corrected chi connectivity index (χ1v) is 9.57. The Bertz CT molecular complexity index is 532. The number of rotatable bonds is 5. The number of thiazole rings is 1. The van der Waals surface area contributed by atoms with Crippen LogP contribution in [0.25, 0.3) is 0 Å². The van der Waals surface area contributed by atoms with Crippen LogP contribution < -0.4 is 5.32 Å². The van der Waals surface area contributed by atoms with E-state index in [2.05, 4.69) is 20.6 Å². The Labute approximate surface area is 142 Å². The summed E-state index contributed by atoms with van der Waals surface area (Å²) in [4.78, 5) is 19.1. The highest BCUT2D eigenvalue weighted by atomic mass is 32.1. The number of aromatic nitrogens is 1. The Morgan fingerprint density at radius 1 is 1.43 bits per heavy atom. The van der Waals surface area contributed by atoms with Gasteiger partial charge < -0.3 is 10.4 Å². The summed E-state index contributed by atoms with van der Waals surface area (Å²) in [6.45, 7) is 5.79. The third-order valence-electron chi connectivity index (χ3n) is 5.16. The average Bonchev–Trinajstić information content (AvgIpc) is 3.16. The summed E-state index contributed by atoms with van der Waals surface area (Å²) in [6.07, 6.45) is 5.34. The van der Waals surface area contributed by atoms with Crippen LogP contribution >= 0.6 is 11.3 Å². The van der Waals surface area contributed by atoms with Crippen molar-refractivity contribution in [3.05, 3.63) is 16.1 Å². The Kier molecular flexibility index (Phi) is 5.34. The minimum atomic E-state index is -1.09. The number of amides is 1. The van der Waals surface area contributed by atoms with Crippen LogP contribution in [0, 0.1) is 12.8 Å². The van der Waals surface area contributed by atoms with Crippen molar-refractivity contribution in [3.63, 3.8) is 0 Å². The van der Waals surface area contributed by atoms with Gasteiger partial charge in [-0.25, -0.2) is 4.98 Å². The van der Waals surface area contributed by atoms with Gasteiger partial charge in [-0.15, -0.1) is 11.3 Å². The summed E-state index contributed by atoms with van der Waals surface area (Å²) in [5.74, 6) is 0.368. The number of carbonyl (C=O) groups excluding carboxylic acids is 1. The molecule has 1 aromatic rings. The van der Waals surface area contributed by atoms with Crippen molar-refractivity contribution in [1.29, 1.82) is 0 Å². The number of aryl methyl sites for hydroxylation is 1. The molecule has 2 aliphatic rings. The van der Waals surface area contributed by atoms with Gasteiger partial charge in [0.25, 0.3) is 5.91 Å². The zero-order valence-electron chi connectivity index (χ0n) is 13.9. The van der Waals surface area contributed by atoms with Crippen molar-refractivity contribution in [2.75, 3.05) is 19.6 Å². The lowest BCUT2D eigenvalue weighted by atomic mass is 9.95. The molecule has 0 unspecified atom stereocenters. The zero-order chi connectivity index (χ0) is 16.3. The molecule has 1 aliphatic heterocycles. The molecule has 23 heavy (non-hydrogen) atoms. The lowest BCUT2D eigenvalue weighted by Gasteiger charge is -2.32. The molecule has 2 N–H and O–H groups in total. The van der Waals surface area contributed by atoms with Gasteiger partial charge in [-0.1, -0.05) is 0 Å². The molecule has 2 fully saturated rings. The van der Waals surface area contributed by atoms with Crippen LogP contribution in [-0.2, 0) is 11.3 Å². The van der Waals surface area contributed by atoms with Crippen molar-refractivity contribution >= 4 is 17.2 Å². The number of hydrogen-bond acceptors (Lipinski definition) is 5. The first-order chi connectivity index (χ1) is 11.0. The van der Waals surface area contributed by atoms with Gasteiger partial charge in [0.05, 0.1) is 10.7 Å². The Balaban J connectivity index is 1.38. The van der Waals surface area contributed by atoms with Gasteiger partial charge in [0.1, 0.15) is 5.60 Å². The van der Waals surface area contributed by atoms with E-state index in [-0.39, 0.29) is 5.91 Å². The monoisotopic (exact) mass is 337 g/mol. The van der Waals surface area contributed by atoms with E-state index in [1.807, 2.05) is 6.92 Å². The fourth-order valence-electron chi connectivity index (χ4n) is 3.65. The molecular formula is C17H27N3O2S. The molecule has 0 aromatic carbocycles. The maximum Gasteiger partial charge on any atom is 0.251 e. The quantitative estimate of drug-likeness (QED) is 0.863. The number of nitrogens with zero attached hydrogens (tertiary/aromatic N) is 2. The maximum absolute atomic E-state index is 12.1. The summed E-state index contributed by atoms with van der Waals surface area (Å²) in [7, 11) is 0. The van der Waals surface area contributed by atoms with E-state index in [4.69, 9.17) is 0 Å². The molecule has 1 saturated carbocycles. The van der Waals surface area contributed by atoms with E-state index in [1.54, 1.807) is 11.3 Å². The van der Waals surface area contributed by atoms with Gasteiger partial charge in [-0.2, -0.15) is 0 Å². The Morgan fingerprint density at radius 3 is 2.74 bits per heavy atom. The van der Waals surface area contributed by atoms with Crippen molar-refractivity contribution in [2.24, 2.45) is 5.92 Å². The van der Waals surface area contributed by atoms with E-state index < -0.39 is 5.60 Å². The smallest absolute Gasteiger partial charge is 0.251 e. The normalized spacial score (nSPS) is 22.3. The Morgan fingerprint density at radius 2 is 2.13 bits per heavy atom. The van der Waals surface area contributed by atoms with Crippen LogP contribution in [0.15, 0.2) is 5.38 Å². The molecule has 1 amide bonds. The number of nitrogens with one attached hydrogen (secondary N) is 1. The van der Waals surface area contributed by atoms with Crippen LogP contribution in [0.5, 0.6) is 0 Å². The highest BCUT2D eigenvalue weighted by molar-refractivity contribution is 7.09. The first kappa shape index (κ1) is 16.9. The fourth-order valence-corrected chi connectivity index (χ4v) is 4.25. The van der Waals surface area contributed by atoms with Crippen LogP contribution in [-0.4, -0.2) is 46.1 Å². The third kappa shape index (κ3) is 4.31. The third-order valence-corrected chi connectivity index (χ3v) is 5.99. The van der Waals surface area contributed by atoms with Gasteiger partial charge in [-0.3, -0.25) is 9.69 Å². The minimum Gasteiger partial charge on any atom is -0.380 e. The van der Waals surface area contributed by atoms with E-state index in [0.29, 0.717) is 25.3 Å². The maximum atomic E-state index is 12.1.